The van der Waals surface area contributed by atoms with Gasteiger partial charge in [0, 0.05) is 29.4 Å². The molecule has 7 nitrogen and oxygen atoms in total. The summed E-state index contributed by atoms with van der Waals surface area (Å²) in [5.41, 5.74) is 1.52. The Labute approximate surface area is 157 Å². The number of hydrogen-bond donors (Lipinski definition) is 0. The van der Waals surface area contributed by atoms with Gasteiger partial charge in [0.25, 0.3) is 0 Å². The van der Waals surface area contributed by atoms with Crippen molar-refractivity contribution in [2.75, 3.05) is 6.54 Å². The number of carbonyl (C=O) groups is 3. The number of carbonyl (C=O) groups excluding carboxylic acids is 3. The highest BCUT2D eigenvalue weighted by molar-refractivity contribution is 6.10. The van der Waals surface area contributed by atoms with E-state index >= 15 is 0 Å². The first kappa shape index (κ1) is 17.7. The Bertz CT molecular complexity index is 947. The van der Waals surface area contributed by atoms with Crippen LogP contribution in [0.5, 0.6) is 0 Å². The zero-order chi connectivity index (χ0) is 19.3. The van der Waals surface area contributed by atoms with Gasteiger partial charge in [-0.2, -0.15) is 0 Å². The van der Waals surface area contributed by atoms with Crippen LogP contribution in [-0.2, 0) is 9.59 Å². The lowest BCUT2D eigenvalue weighted by molar-refractivity contribution is -0.140. The predicted molar refractivity (Wildman–Crippen MR) is 96.6 cm³/mol. The van der Waals surface area contributed by atoms with Crippen LogP contribution in [-0.4, -0.2) is 38.8 Å². The van der Waals surface area contributed by atoms with Crippen molar-refractivity contribution in [3.05, 3.63) is 34.8 Å². The lowest BCUT2D eigenvalue weighted by atomic mass is 9.84. The van der Waals surface area contributed by atoms with Crippen molar-refractivity contribution in [2.45, 2.75) is 52.9 Å². The van der Waals surface area contributed by atoms with Crippen molar-refractivity contribution in [1.82, 2.24) is 14.6 Å². The molecule has 2 aromatic heterocycles. The van der Waals surface area contributed by atoms with E-state index in [0.29, 0.717) is 17.1 Å². The maximum atomic E-state index is 12.9. The summed E-state index contributed by atoms with van der Waals surface area (Å²) in [5.74, 6) is 0.669. The third-order valence-corrected chi connectivity index (χ3v) is 5.93. The SMILES string of the molecule is Cc1cc(-n2c(C)cc(C(=O)CN3C(=O)CC4(CCCC4)C3=O)c2C)no1. The minimum atomic E-state index is -0.549. The Hall–Kier alpha value is -2.70. The quantitative estimate of drug-likeness (QED) is 0.611. The normalized spacial score (nSPS) is 18.9. The molecule has 0 aromatic carbocycles. The van der Waals surface area contributed by atoms with E-state index in [9.17, 15) is 14.4 Å². The highest BCUT2D eigenvalue weighted by Crippen LogP contribution is 2.46. The third-order valence-electron chi connectivity index (χ3n) is 5.93. The molecule has 0 unspecified atom stereocenters. The molecule has 0 bridgehead atoms. The summed E-state index contributed by atoms with van der Waals surface area (Å²) >= 11 is 0. The highest BCUT2D eigenvalue weighted by Gasteiger charge is 2.52. The van der Waals surface area contributed by atoms with Crippen LogP contribution < -0.4 is 0 Å². The van der Waals surface area contributed by atoms with Crippen LogP contribution in [0.25, 0.3) is 5.82 Å². The van der Waals surface area contributed by atoms with Crippen LogP contribution in [0.3, 0.4) is 0 Å². The van der Waals surface area contributed by atoms with E-state index in [1.54, 1.807) is 19.1 Å². The summed E-state index contributed by atoms with van der Waals surface area (Å²) < 4.78 is 6.98. The van der Waals surface area contributed by atoms with Crippen molar-refractivity contribution >= 4 is 17.6 Å². The number of aryl methyl sites for hydroxylation is 2. The number of Topliss-reactive ketones (excluding diaryl/α,β-unsaturated/α-hetero) is 1. The molecule has 4 rings (SSSR count). The van der Waals surface area contributed by atoms with Gasteiger partial charge in [-0.25, -0.2) is 0 Å². The van der Waals surface area contributed by atoms with Gasteiger partial charge in [0.05, 0.1) is 12.0 Å². The van der Waals surface area contributed by atoms with E-state index in [4.69, 9.17) is 4.52 Å². The molecule has 2 aliphatic rings. The maximum absolute atomic E-state index is 12.9. The van der Waals surface area contributed by atoms with Gasteiger partial charge in [0.2, 0.25) is 11.8 Å². The van der Waals surface area contributed by atoms with Gasteiger partial charge in [-0.3, -0.25) is 23.9 Å². The highest BCUT2D eigenvalue weighted by atomic mass is 16.5. The molecule has 0 N–H and O–H groups in total. The Morgan fingerprint density at radius 3 is 2.52 bits per heavy atom. The average molecular weight is 369 g/mol. The molecule has 1 spiro atoms. The molecule has 1 saturated heterocycles. The van der Waals surface area contributed by atoms with Crippen molar-refractivity contribution in [1.29, 1.82) is 0 Å². The lowest BCUT2D eigenvalue weighted by Crippen LogP contribution is -2.38. The number of likely N-dealkylation sites (tertiary alicyclic amines) is 1. The number of hydrogen-bond acceptors (Lipinski definition) is 5. The lowest BCUT2D eigenvalue weighted by Gasteiger charge is -2.20. The van der Waals surface area contributed by atoms with Gasteiger partial charge in [0.1, 0.15) is 5.76 Å². The van der Waals surface area contributed by atoms with E-state index in [1.165, 1.54) is 4.90 Å². The van der Waals surface area contributed by atoms with Gasteiger partial charge >= 0.3 is 0 Å². The summed E-state index contributed by atoms with van der Waals surface area (Å²) in [6.45, 7) is 5.32. The molecule has 2 amide bonds. The Kier molecular flexibility index (Phi) is 4.05. The zero-order valence-electron chi connectivity index (χ0n) is 15.9. The average Bonchev–Trinajstić information content (AvgIpc) is 3.35. The second-order valence-electron chi connectivity index (χ2n) is 7.79. The number of ketones is 1. The first-order valence-electron chi connectivity index (χ1n) is 9.33. The largest absolute Gasteiger partial charge is 0.360 e. The van der Waals surface area contributed by atoms with Gasteiger partial charge in [-0.05, 0) is 39.7 Å². The van der Waals surface area contributed by atoms with Gasteiger partial charge < -0.3 is 4.52 Å². The first-order chi connectivity index (χ1) is 12.8. The minimum Gasteiger partial charge on any atom is -0.360 e. The van der Waals surface area contributed by atoms with Crippen LogP contribution in [0.15, 0.2) is 16.7 Å². The van der Waals surface area contributed by atoms with E-state index in [-0.39, 0.29) is 30.6 Å². The van der Waals surface area contributed by atoms with Gasteiger partial charge in [-0.1, -0.05) is 18.0 Å². The molecule has 3 heterocycles. The fraction of sp³-hybridized carbons (Fsp3) is 0.500. The number of imide groups is 1. The van der Waals surface area contributed by atoms with Crippen molar-refractivity contribution in [3.8, 4) is 5.82 Å². The smallest absolute Gasteiger partial charge is 0.236 e. The van der Waals surface area contributed by atoms with Crippen LogP contribution in [0.1, 0.15) is 59.6 Å². The molecule has 2 fully saturated rings. The molecule has 0 radical (unpaired) electrons. The van der Waals surface area contributed by atoms with Crippen molar-refractivity contribution in [3.63, 3.8) is 0 Å². The fourth-order valence-corrected chi connectivity index (χ4v) is 4.55. The molecule has 1 aliphatic carbocycles. The third kappa shape index (κ3) is 2.72. The molecule has 27 heavy (non-hydrogen) atoms. The fourth-order valence-electron chi connectivity index (χ4n) is 4.55. The summed E-state index contributed by atoms with van der Waals surface area (Å²) in [6, 6.07) is 3.57. The zero-order valence-corrected chi connectivity index (χ0v) is 15.9. The van der Waals surface area contributed by atoms with Crippen molar-refractivity contribution in [2.24, 2.45) is 5.41 Å². The minimum absolute atomic E-state index is 0.167. The Morgan fingerprint density at radius 2 is 1.89 bits per heavy atom. The Morgan fingerprint density at radius 1 is 1.19 bits per heavy atom. The molecule has 142 valence electrons. The summed E-state index contributed by atoms with van der Waals surface area (Å²) in [6.07, 6.45) is 3.69. The number of rotatable bonds is 4. The molecular formula is C20H23N3O4. The van der Waals surface area contributed by atoms with E-state index < -0.39 is 5.41 Å². The summed E-state index contributed by atoms with van der Waals surface area (Å²) in [5, 5.41) is 4.01. The second kappa shape index (κ2) is 6.18. The molecule has 2 aromatic rings. The number of amides is 2. The Balaban J connectivity index is 1.59. The van der Waals surface area contributed by atoms with E-state index in [2.05, 4.69) is 5.16 Å². The van der Waals surface area contributed by atoms with Crippen LogP contribution in [0.2, 0.25) is 0 Å². The topological polar surface area (TPSA) is 85.4 Å². The number of nitrogens with zero attached hydrogens (tertiary/aromatic N) is 3. The second-order valence-corrected chi connectivity index (χ2v) is 7.79. The molecule has 7 heteroatoms. The predicted octanol–water partition coefficient (Wildman–Crippen LogP) is 2.89. The number of aromatic nitrogens is 2. The van der Waals surface area contributed by atoms with Crippen LogP contribution >= 0.6 is 0 Å². The van der Waals surface area contributed by atoms with E-state index in [1.807, 2.05) is 18.4 Å². The van der Waals surface area contributed by atoms with Gasteiger partial charge in [-0.15, -0.1) is 0 Å². The molecule has 1 aliphatic heterocycles. The van der Waals surface area contributed by atoms with Gasteiger partial charge in [0.15, 0.2) is 11.6 Å². The van der Waals surface area contributed by atoms with Crippen molar-refractivity contribution < 1.29 is 18.9 Å². The standard InChI is InChI=1S/C20H23N3O4/c1-12-8-15(14(3)23(12)17-9-13(2)27-21-17)16(24)11-22-18(25)10-20(19(22)26)6-4-5-7-20/h8-9H,4-7,10-11H2,1-3H3. The molecular weight excluding hydrogens is 346 g/mol. The molecule has 0 atom stereocenters. The first-order valence-corrected chi connectivity index (χ1v) is 9.33. The van der Waals surface area contributed by atoms with Crippen LogP contribution in [0, 0.1) is 26.2 Å². The molecule has 1 saturated carbocycles. The summed E-state index contributed by atoms with van der Waals surface area (Å²) in [7, 11) is 0. The summed E-state index contributed by atoms with van der Waals surface area (Å²) in [4.78, 5) is 39.3. The maximum Gasteiger partial charge on any atom is 0.236 e. The van der Waals surface area contributed by atoms with E-state index in [0.717, 1.165) is 37.1 Å². The monoisotopic (exact) mass is 369 g/mol. The van der Waals surface area contributed by atoms with Crippen LogP contribution in [0.4, 0.5) is 0 Å².